The number of rotatable bonds is 4. The zero-order chi connectivity index (χ0) is 21.6. The Kier molecular flexibility index (Phi) is 5.49. The van der Waals surface area contributed by atoms with E-state index in [1.165, 1.54) is 19.3 Å². The third kappa shape index (κ3) is 3.75. The molecule has 5 rings (SSSR count). The van der Waals surface area contributed by atoms with Crippen molar-refractivity contribution in [3.63, 3.8) is 0 Å². The summed E-state index contributed by atoms with van der Waals surface area (Å²) in [5, 5.41) is 0. The normalized spacial score (nSPS) is 35.8. The van der Waals surface area contributed by atoms with E-state index in [0.717, 1.165) is 50.6 Å². The monoisotopic (exact) mass is 424 g/mol. The minimum absolute atomic E-state index is 0.0195. The molecule has 0 bridgehead atoms. The van der Waals surface area contributed by atoms with Crippen LogP contribution in [0.2, 0.25) is 0 Å². The van der Waals surface area contributed by atoms with Gasteiger partial charge in [0.25, 0.3) is 0 Å². The quantitative estimate of drug-likeness (QED) is 0.537. The lowest BCUT2D eigenvalue weighted by Crippen LogP contribution is -2.49. The van der Waals surface area contributed by atoms with Gasteiger partial charge in [-0.15, -0.1) is 0 Å². The second kappa shape index (κ2) is 8.16. The van der Waals surface area contributed by atoms with Gasteiger partial charge in [0.15, 0.2) is 0 Å². The highest BCUT2D eigenvalue weighted by atomic mass is 16.6. The molecule has 2 aliphatic carbocycles. The SMILES string of the molecule is COc1ccccc1N1CCN(C[C@@H]2C(=O)O[C@@H]3C[C@@]4(C)CCC[C@@H](C)C4=C[C@H]23)CC1. The van der Waals surface area contributed by atoms with Gasteiger partial charge >= 0.3 is 5.97 Å². The molecule has 1 saturated carbocycles. The number of ether oxygens (including phenoxy) is 2. The predicted octanol–water partition coefficient (Wildman–Crippen LogP) is 4.13. The number of piperazine rings is 1. The summed E-state index contributed by atoms with van der Waals surface area (Å²) in [5.41, 5.74) is 2.99. The highest BCUT2D eigenvalue weighted by Gasteiger charge is 2.52. The summed E-state index contributed by atoms with van der Waals surface area (Å²) < 4.78 is 11.5. The zero-order valence-corrected chi connectivity index (χ0v) is 19.2. The maximum Gasteiger partial charge on any atom is 0.311 e. The molecular weight excluding hydrogens is 388 g/mol. The molecule has 0 aromatic heterocycles. The summed E-state index contributed by atoms with van der Waals surface area (Å²) in [4.78, 5) is 17.7. The van der Waals surface area contributed by atoms with Crippen LogP contribution in [0.25, 0.3) is 0 Å². The first-order valence-electron chi connectivity index (χ1n) is 12.0. The third-order valence-electron chi connectivity index (χ3n) is 8.33. The van der Waals surface area contributed by atoms with E-state index in [4.69, 9.17) is 9.47 Å². The minimum atomic E-state index is -0.0195. The van der Waals surface area contributed by atoms with E-state index >= 15 is 0 Å². The van der Waals surface area contributed by atoms with E-state index in [1.54, 1.807) is 12.7 Å². The van der Waals surface area contributed by atoms with Crippen LogP contribution in [-0.2, 0) is 9.53 Å². The van der Waals surface area contributed by atoms with Crippen molar-refractivity contribution in [2.24, 2.45) is 23.2 Å². The van der Waals surface area contributed by atoms with Gasteiger partial charge in [0, 0.05) is 38.6 Å². The number of methoxy groups -OCH3 is 1. The lowest BCUT2D eigenvalue weighted by molar-refractivity contribution is -0.145. The Morgan fingerprint density at radius 1 is 1.19 bits per heavy atom. The van der Waals surface area contributed by atoms with Crippen LogP contribution in [0.4, 0.5) is 5.69 Å². The summed E-state index contributed by atoms with van der Waals surface area (Å²) in [7, 11) is 1.73. The molecule has 2 saturated heterocycles. The topological polar surface area (TPSA) is 42.0 Å². The smallest absolute Gasteiger partial charge is 0.311 e. The Labute approximate surface area is 186 Å². The standard InChI is InChI=1S/C26H36N2O3/c1-18-7-6-10-26(2)16-24-19(15-21(18)26)20(25(29)31-24)17-27-11-13-28(14-12-27)22-8-4-5-9-23(22)30-3/h4-5,8-9,15,18-20,24H,6-7,10-14,16-17H2,1-3H3/t18-,19-,20+,24-,26-/m1/s1. The molecule has 5 heteroatoms. The summed E-state index contributed by atoms with van der Waals surface area (Å²) in [6, 6.07) is 8.23. The van der Waals surface area contributed by atoms with Crippen LogP contribution >= 0.6 is 0 Å². The molecule has 0 spiro atoms. The van der Waals surface area contributed by atoms with Gasteiger partial charge < -0.3 is 14.4 Å². The van der Waals surface area contributed by atoms with Crippen molar-refractivity contribution < 1.29 is 14.3 Å². The van der Waals surface area contributed by atoms with Gasteiger partial charge in [0.05, 0.1) is 18.7 Å². The van der Waals surface area contributed by atoms with Crippen molar-refractivity contribution in [3.05, 3.63) is 35.9 Å². The summed E-state index contributed by atoms with van der Waals surface area (Å²) >= 11 is 0. The van der Waals surface area contributed by atoms with Crippen LogP contribution in [0.1, 0.15) is 39.5 Å². The number of allylic oxidation sites excluding steroid dienone is 1. The van der Waals surface area contributed by atoms with Crippen LogP contribution in [0.15, 0.2) is 35.9 Å². The van der Waals surface area contributed by atoms with Gasteiger partial charge in [-0.05, 0) is 42.7 Å². The number of hydrogen-bond acceptors (Lipinski definition) is 5. The Morgan fingerprint density at radius 2 is 1.97 bits per heavy atom. The summed E-state index contributed by atoms with van der Waals surface area (Å²) in [5.74, 6) is 1.82. The molecule has 5 atom stereocenters. The van der Waals surface area contributed by atoms with E-state index in [0.29, 0.717) is 5.92 Å². The molecular formula is C26H36N2O3. The molecule has 0 radical (unpaired) electrons. The van der Waals surface area contributed by atoms with E-state index in [9.17, 15) is 4.79 Å². The first-order valence-corrected chi connectivity index (χ1v) is 12.0. The molecule has 2 aliphatic heterocycles. The van der Waals surface area contributed by atoms with Crippen LogP contribution in [0, 0.1) is 23.2 Å². The van der Waals surface area contributed by atoms with Crippen molar-refractivity contribution in [3.8, 4) is 5.75 Å². The molecule has 3 fully saturated rings. The zero-order valence-electron chi connectivity index (χ0n) is 19.2. The third-order valence-corrected chi connectivity index (χ3v) is 8.33. The van der Waals surface area contributed by atoms with Crippen molar-refractivity contribution in [1.82, 2.24) is 4.90 Å². The maximum absolute atomic E-state index is 12.9. The minimum Gasteiger partial charge on any atom is -0.495 e. The predicted molar refractivity (Wildman–Crippen MR) is 122 cm³/mol. The Hall–Kier alpha value is -2.01. The maximum atomic E-state index is 12.9. The Morgan fingerprint density at radius 3 is 2.74 bits per heavy atom. The number of benzene rings is 1. The van der Waals surface area contributed by atoms with Crippen LogP contribution in [0.5, 0.6) is 5.75 Å². The van der Waals surface area contributed by atoms with Gasteiger partial charge in [0.2, 0.25) is 0 Å². The molecule has 0 amide bonds. The summed E-state index contributed by atoms with van der Waals surface area (Å²) in [6.45, 7) is 9.40. The number of carbonyl (C=O) groups is 1. The van der Waals surface area contributed by atoms with Gasteiger partial charge in [0.1, 0.15) is 11.9 Å². The molecule has 5 nitrogen and oxygen atoms in total. The molecule has 31 heavy (non-hydrogen) atoms. The lowest BCUT2D eigenvalue weighted by Gasteiger charge is -2.46. The Bertz CT molecular complexity index is 860. The van der Waals surface area contributed by atoms with Crippen LogP contribution in [0.3, 0.4) is 0 Å². The average Bonchev–Trinajstić information content (AvgIpc) is 3.06. The van der Waals surface area contributed by atoms with E-state index in [2.05, 4.69) is 41.9 Å². The van der Waals surface area contributed by atoms with E-state index in [1.807, 2.05) is 12.1 Å². The number of para-hydroxylation sites is 2. The van der Waals surface area contributed by atoms with Crippen molar-refractivity contribution >= 4 is 11.7 Å². The second-order valence-electron chi connectivity index (χ2n) is 10.3. The molecule has 1 aromatic rings. The summed E-state index contributed by atoms with van der Waals surface area (Å²) in [6.07, 6.45) is 7.37. The number of esters is 1. The van der Waals surface area contributed by atoms with E-state index < -0.39 is 0 Å². The fourth-order valence-electron chi connectivity index (χ4n) is 6.60. The second-order valence-corrected chi connectivity index (χ2v) is 10.3. The number of carbonyl (C=O) groups excluding carboxylic acids is 1. The fraction of sp³-hybridized carbons (Fsp3) is 0.654. The van der Waals surface area contributed by atoms with Gasteiger partial charge in [-0.1, -0.05) is 44.1 Å². The molecule has 4 aliphatic rings. The number of fused-ring (bicyclic) bond motifs is 2. The molecule has 168 valence electrons. The number of nitrogens with zero attached hydrogens (tertiary/aromatic N) is 2. The molecule has 0 N–H and O–H groups in total. The van der Waals surface area contributed by atoms with Gasteiger partial charge in [-0.3, -0.25) is 9.69 Å². The molecule has 1 aromatic carbocycles. The largest absolute Gasteiger partial charge is 0.495 e. The number of hydrogen-bond donors (Lipinski definition) is 0. The fourth-order valence-corrected chi connectivity index (χ4v) is 6.60. The van der Waals surface area contributed by atoms with Gasteiger partial charge in [-0.2, -0.15) is 0 Å². The first-order chi connectivity index (χ1) is 15.0. The number of anilines is 1. The highest BCUT2D eigenvalue weighted by Crippen LogP contribution is 2.54. The van der Waals surface area contributed by atoms with Crippen molar-refractivity contribution in [2.75, 3.05) is 44.7 Å². The van der Waals surface area contributed by atoms with Crippen molar-refractivity contribution in [1.29, 1.82) is 0 Å². The highest BCUT2D eigenvalue weighted by molar-refractivity contribution is 5.76. The van der Waals surface area contributed by atoms with Crippen LogP contribution in [-0.4, -0.2) is 56.8 Å². The Balaban J connectivity index is 1.26. The van der Waals surface area contributed by atoms with Crippen molar-refractivity contribution in [2.45, 2.75) is 45.6 Å². The van der Waals surface area contributed by atoms with E-state index in [-0.39, 0.29) is 29.3 Å². The average molecular weight is 425 g/mol. The first kappa shape index (κ1) is 20.9. The van der Waals surface area contributed by atoms with Crippen LogP contribution < -0.4 is 9.64 Å². The lowest BCUT2D eigenvalue weighted by atomic mass is 9.59. The van der Waals surface area contributed by atoms with Gasteiger partial charge in [-0.25, -0.2) is 0 Å². The molecule has 0 unspecified atom stereocenters. The molecule has 2 heterocycles.